The number of rotatable bonds is 13. The van der Waals surface area contributed by atoms with Crippen LogP contribution >= 0.6 is 12.4 Å². The number of amides is 2. The fourth-order valence-electron chi connectivity index (χ4n) is 7.12. The zero-order chi connectivity index (χ0) is 33.8. The number of aryl methyl sites for hydroxylation is 1. The molecule has 4 heterocycles. The number of hydrogen-bond acceptors (Lipinski definition) is 8. The molecule has 0 bridgehead atoms. The number of ether oxygens (including phenoxy) is 1. The smallest absolute Gasteiger partial charge is 0.246 e. The summed E-state index contributed by atoms with van der Waals surface area (Å²) >= 11 is 0. The van der Waals surface area contributed by atoms with Gasteiger partial charge in [-0.05, 0) is 69.7 Å². The van der Waals surface area contributed by atoms with E-state index >= 15 is 0 Å². The Kier molecular flexibility index (Phi) is 13.1. The quantitative estimate of drug-likeness (QED) is 0.325. The van der Waals surface area contributed by atoms with Crippen molar-refractivity contribution >= 4 is 34.2 Å². The highest BCUT2D eigenvalue weighted by atomic mass is 35.5. The maximum absolute atomic E-state index is 13.6. The van der Waals surface area contributed by atoms with E-state index in [-0.39, 0.29) is 29.1 Å². The third kappa shape index (κ3) is 8.42. The average molecular weight is 708 g/mol. The van der Waals surface area contributed by atoms with Crippen LogP contribution < -0.4 is 10.0 Å². The molecule has 2 aromatic rings. The number of morpholine rings is 1. The van der Waals surface area contributed by atoms with Crippen molar-refractivity contribution < 1.29 is 22.7 Å². The molecular weight excluding hydrogens is 654 g/mol. The normalized spacial score (nSPS) is 20.7. The average Bonchev–Trinajstić information content (AvgIpc) is 3.33. The fraction of sp³-hybridized carbons (Fsp3) is 0.676. The lowest BCUT2D eigenvalue weighted by atomic mass is 9.80. The van der Waals surface area contributed by atoms with Crippen molar-refractivity contribution in [1.82, 2.24) is 34.5 Å². The molecule has 48 heavy (non-hydrogen) atoms. The molecular formula is C34H54ClN7O5S. The number of sulfonamides is 1. The Labute approximate surface area is 292 Å². The zero-order valence-electron chi connectivity index (χ0n) is 29.2. The molecule has 3 aliphatic heterocycles. The Morgan fingerprint density at radius 3 is 2.31 bits per heavy atom. The van der Waals surface area contributed by atoms with Crippen molar-refractivity contribution in [3.8, 4) is 5.69 Å². The van der Waals surface area contributed by atoms with Gasteiger partial charge >= 0.3 is 0 Å². The molecule has 1 aromatic carbocycles. The van der Waals surface area contributed by atoms with E-state index in [9.17, 15) is 18.0 Å². The lowest BCUT2D eigenvalue weighted by Gasteiger charge is -2.52. The highest BCUT2D eigenvalue weighted by Gasteiger charge is 2.53. The lowest BCUT2D eigenvalue weighted by molar-refractivity contribution is -0.161. The summed E-state index contributed by atoms with van der Waals surface area (Å²) in [6.45, 7) is 17.0. The van der Waals surface area contributed by atoms with Crippen LogP contribution in [0.15, 0.2) is 29.2 Å². The number of nitrogens with zero attached hydrogens (tertiary/aromatic N) is 5. The summed E-state index contributed by atoms with van der Waals surface area (Å²) in [5, 5.41) is 7.91. The van der Waals surface area contributed by atoms with Crippen molar-refractivity contribution in [2.75, 3.05) is 59.0 Å². The molecule has 14 heteroatoms. The Bertz CT molecular complexity index is 1500. The van der Waals surface area contributed by atoms with Gasteiger partial charge in [0.2, 0.25) is 21.8 Å². The number of piperazine rings is 1. The second-order valence-electron chi connectivity index (χ2n) is 13.7. The lowest BCUT2D eigenvalue weighted by Crippen LogP contribution is -2.73. The van der Waals surface area contributed by atoms with Crippen LogP contribution in [0.25, 0.3) is 5.69 Å². The second kappa shape index (κ2) is 16.4. The highest BCUT2D eigenvalue weighted by molar-refractivity contribution is 7.89. The number of nitrogens with one attached hydrogen (secondary N) is 2. The van der Waals surface area contributed by atoms with Gasteiger partial charge in [0.05, 0.1) is 29.5 Å². The van der Waals surface area contributed by atoms with E-state index in [2.05, 4.69) is 40.6 Å². The summed E-state index contributed by atoms with van der Waals surface area (Å²) < 4.78 is 35.8. The first-order chi connectivity index (χ1) is 22.4. The van der Waals surface area contributed by atoms with Gasteiger partial charge in [-0.1, -0.05) is 27.2 Å². The molecule has 2 N–H and O–H groups in total. The van der Waals surface area contributed by atoms with Crippen molar-refractivity contribution in [3.63, 3.8) is 0 Å². The van der Waals surface area contributed by atoms with Gasteiger partial charge in [0.25, 0.3) is 0 Å². The van der Waals surface area contributed by atoms with E-state index < -0.39 is 21.6 Å². The van der Waals surface area contributed by atoms with E-state index in [1.54, 1.807) is 24.3 Å². The SMILES string of the molecule is CCCCN1C(=O)[C@H](CC(C)C)NC(=O)C12CCN(Cc1c(C)nn(-c3ccc(S(=O)(=O)NCCN4CCOCC4)cc3)c1C)CC2.Cl. The number of halogens is 1. The molecule has 3 saturated heterocycles. The molecule has 0 aliphatic carbocycles. The molecule has 0 saturated carbocycles. The summed E-state index contributed by atoms with van der Waals surface area (Å²) in [6.07, 6.45) is 3.71. The van der Waals surface area contributed by atoms with E-state index in [4.69, 9.17) is 9.84 Å². The third-order valence-corrected chi connectivity index (χ3v) is 11.4. The number of benzene rings is 1. The van der Waals surface area contributed by atoms with Gasteiger partial charge in [-0.2, -0.15) is 5.10 Å². The number of likely N-dealkylation sites (tertiary alicyclic amines) is 1. The van der Waals surface area contributed by atoms with E-state index in [1.165, 1.54) is 0 Å². The molecule has 0 radical (unpaired) electrons. The number of carbonyl (C=O) groups is 2. The largest absolute Gasteiger partial charge is 0.379 e. The van der Waals surface area contributed by atoms with Gasteiger partial charge in [-0.25, -0.2) is 17.8 Å². The predicted octanol–water partition coefficient (Wildman–Crippen LogP) is 3.03. The minimum Gasteiger partial charge on any atom is -0.379 e. The number of unbranched alkanes of at least 4 members (excludes halogenated alkanes) is 1. The minimum atomic E-state index is -3.63. The minimum absolute atomic E-state index is 0. The van der Waals surface area contributed by atoms with Gasteiger partial charge < -0.3 is 15.0 Å². The maximum atomic E-state index is 13.6. The summed E-state index contributed by atoms with van der Waals surface area (Å²) in [7, 11) is -3.63. The van der Waals surface area contributed by atoms with Crippen LogP contribution in [0.5, 0.6) is 0 Å². The summed E-state index contributed by atoms with van der Waals surface area (Å²) in [4.78, 5) is 33.9. The molecule has 0 unspecified atom stereocenters. The van der Waals surface area contributed by atoms with Crippen LogP contribution in [0.2, 0.25) is 0 Å². The molecule has 5 rings (SSSR count). The Morgan fingerprint density at radius 1 is 1.02 bits per heavy atom. The molecule has 1 spiro atoms. The van der Waals surface area contributed by atoms with Crippen LogP contribution in [-0.4, -0.2) is 115 Å². The second-order valence-corrected chi connectivity index (χ2v) is 15.5. The topological polar surface area (TPSA) is 129 Å². The number of hydrogen-bond donors (Lipinski definition) is 2. The Balaban J connectivity index is 0.00000520. The van der Waals surface area contributed by atoms with Crippen LogP contribution in [-0.2, 0) is 30.9 Å². The highest BCUT2D eigenvalue weighted by Crippen LogP contribution is 2.35. The summed E-state index contributed by atoms with van der Waals surface area (Å²) in [6, 6.07) is 6.39. The van der Waals surface area contributed by atoms with Crippen LogP contribution in [0.3, 0.4) is 0 Å². The van der Waals surface area contributed by atoms with E-state index in [0.717, 1.165) is 48.6 Å². The fourth-order valence-corrected chi connectivity index (χ4v) is 8.14. The first-order valence-electron chi connectivity index (χ1n) is 17.3. The van der Waals surface area contributed by atoms with Gasteiger partial charge in [0, 0.05) is 63.6 Å². The third-order valence-electron chi connectivity index (χ3n) is 9.97. The molecule has 12 nitrogen and oxygen atoms in total. The van der Waals surface area contributed by atoms with Gasteiger partial charge in [0.1, 0.15) is 11.6 Å². The van der Waals surface area contributed by atoms with E-state index in [0.29, 0.717) is 77.7 Å². The van der Waals surface area contributed by atoms with Crippen molar-refractivity contribution in [3.05, 3.63) is 41.2 Å². The van der Waals surface area contributed by atoms with Crippen LogP contribution in [0.4, 0.5) is 0 Å². The molecule has 1 atom stereocenters. The van der Waals surface area contributed by atoms with Crippen LogP contribution in [0, 0.1) is 19.8 Å². The van der Waals surface area contributed by atoms with Crippen LogP contribution in [0.1, 0.15) is 69.8 Å². The molecule has 3 fully saturated rings. The summed E-state index contributed by atoms with van der Waals surface area (Å²) in [5.41, 5.74) is 3.03. The first-order valence-corrected chi connectivity index (χ1v) is 18.7. The van der Waals surface area contributed by atoms with Gasteiger partial charge in [0.15, 0.2) is 0 Å². The van der Waals surface area contributed by atoms with Gasteiger partial charge in [-0.15, -0.1) is 12.4 Å². The maximum Gasteiger partial charge on any atom is 0.246 e. The predicted molar refractivity (Wildman–Crippen MR) is 188 cm³/mol. The standard InChI is InChI=1S/C34H53N7O5S.ClH/c1-6-7-15-40-32(42)31(23-25(2)3)36-33(43)34(40)12-16-39(17-13-34)24-30-26(4)37-41(27(30)5)28-8-10-29(11-9-28)47(44,45)35-14-18-38-19-21-46-22-20-38;/h8-11,25,31,35H,6-7,12-24H2,1-5H3,(H,36,43);1H/t31-;/m0./s1. The first kappa shape index (κ1) is 38.3. The Hall–Kier alpha value is -2.55. The van der Waals surface area contributed by atoms with E-state index in [1.807, 2.05) is 23.4 Å². The molecule has 1 aromatic heterocycles. The number of piperidine rings is 1. The monoisotopic (exact) mass is 707 g/mol. The zero-order valence-corrected chi connectivity index (χ0v) is 30.8. The molecule has 2 amide bonds. The number of aromatic nitrogens is 2. The summed E-state index contributed by atoms with van der Waals surface area (Å²) in [5.74, 6) is 0.381. The van der Waals surface area contributed by atoms with Crippen molar-refractivity contribution in [2.45, 2.75) is 89.7 Å². The van der Waals surface area contributed by atoms with Gasteiger partial charge in [-0.3, -0.25) is 19.4 Å². The van der Waals surface area contributed by atoms with Crippen molar-refractivity contribution in [2.24, 2.45) is 5.92 Å². The molecule has 268 valence electrons. The number of carbonyl (C=O) groups excluding carboxylic acids is 2. The Morgan fingerprint density at radius 2 is 1.69 bits per heavy atom. The van der Waals surface area contributed by atoms with Crippen molar-refractivity contribution in [1.29, 1.82) is 0 Å². The molecule has 3 aliphatic rings.